The third kappa shape index (κ3) is 2.02. The molecule has 0 aliphatic heterocycles. The molecule has 1 rings (SSSR count). The molecule has 0 amide bonds. The number of rotatable bonds is 2. The van der Waals surface area contributed by atoms with Gasteiger partial charge in [0.2, 0.25) is 0 Å². The van der Waals surface area contributed by atoms with E-state index in [9.17, 15) is 0 Å². The van der Waals surface area contributed by atoms with Crippen molar-refractivity contribution in [3.63, 3.8) is 0 Å². The fraction of sp³-hybridized carbons (Fsp3) is 0.444. The summed E-state index contributed by atoms with van der Waals surface area (Å²) in [6.07, 6.45) is 0. The molecule has 0 aliphatic carbocycles. The van der Waals surface area contributed by atoms with E-state index in [0.29, 0.717) is 0 Å². The quantitative estimate of drug-likeness (QED) is 0.689. The van der Waals surface area contributed by atoms with Crippen LogP contribution >= 0.6 is 0 Å². The summed E-state index contributed by atoms with van der Waals surface area (Å²) in [5.41, 5.74) is 3.48. The minimum atomic E-state index is 0.855. The Kier molecular flexibility index (Phi) is 2.60. The Morgan fingerprint density at radius 2 is 2.09 bits per heavy atom. The van der Waals surface area contributed by atoms with Crippen LogP contribution in [0.3, 0.4) is 0 Å². The first-order chi connectivity index (χ1) is 5.24. The van der Waals surface area contributed by atoms with Crippen molar-refractivity contribution in [2.75, 3.05) is 7.05 Å². The van der Waals surface area contributed by atoms with E-state index >= 15 is 0 Å². The third-order valence-corrected chi connectivity index (χ3v) is 1.69. The average molecular weight is 150 g/mol. The zero-order valence-corrected chi connectivity index (χ0v) is 7.31. The monoisotopic (exact) mass is 150 g/mol. The van der Waals surface area contributed by atoms with Crippen LogP contribution in [-0.2, 0) is 6.54 Å². The summed E-state index contributed by atoms with van der Waals surface area (Å²) >= 11 is 0. The molecule has 0 radical (unpaired) electrons. The number of hydrogen-bond acceptors (Lipinski definition) is 2. The van der Waals surface area contributed by atoms with Gasteiger partial charge in [-0.1, -0.05) is 6.07 Å². The largest absolute Gasteiger partial charge is 0.314 e. The van der Waals surface area contributed by atoms with Crippen molar-refractivity contribution in [2.45, 2.75) is 20.4 Å². The van der Waals surface area contributed by atoms with Crippen molar-refractivity contribution < 1.29 is 0 Å². The van der Waals surface area contributed by atoms with E-state index in [4.69, 9.17) is 0 Å². The first-order valence-electron chi connectivity index (χ1n) is 3.82. The third-order valence-electron chi connectivity index (χ3n) is 1.69. The van der Waals surface area contributed by atoms with Gasteiger partial charge in [0, 0.05) is 12.2 Å². The topological polar surface area (TPSA) is 24.9 Å². The molecule has 0 aromatic carbocycles. The maximum Gasteiger partial charge on any atom is 0.0573 e. The first-order valence-corrected chi connectivity index (χ1v) is 3.82. The molecule has 60 valence electrons. The molecule has 11 heavy (non-hydrogen) atoms. The van der Waals surface area contributed by atoms with Gasteiger partial charge in [-0.25, -0.2) is 0 Å². The Morgan fingerprint density at radius 1 is 1.36 bits per heavy atom. The first kappa shape index (κ1) is 8.21. The number of nitrogens with zero attached hydrogens (tertiary/aromatic N) is 1. The molecule has 0 spiro atoms. The summed E-state index contributed by atoms with van der Waals surface area (Å²) in [6, 6.07) is 4.14. The molecule has 0 saturated carbocycles. The van der Waals surface area contributed by atoms with Crippen LogP contribution in [0.4, 0.5) is 0 Å². The normalized spacial score (nSPS) is 10.1. The van der Waals surface area contributed by atoms with Crippen LogP contribution in [0.2, 0.25) is 0 Å². The lowest BCUT2D eigenvalue weighted by atomic mass is 10.2. The number of nitrogens with one attached hydrogen (secondary N) is 1. The van der Waals surface area contributed by atoms with Crippen molar-refractivity contribution in [3.05, 3.63) is 29.1 Å². The van der Waals surface area contributed by atoms with E-state index in [1.807, 2.05) is 20.0 Å². The lowest BCUT2D eigenvalue weighted by Gasteiger charge is -2.03. The Morgan fingerprint density at radius 3 is 2.73 bits per heavy atom. The number of pyridine rings is 1. The van der Waals surface area contributed by atoms with Gasteiger partial charge in [-0.3, -0.25) is 4.98 Å². The number of aromatic nitrogens is 1. The Balaban J connectivity index is 2.93. The highest BCUT2D eigenvalue weighted by Crippen LogP contribution is 2.04. The van der Waals surface area contributed by atoms with E-state index in [-0.39, 0.29) is 0 Å². The van der Waals surface area contributed by atoms with Gasteiger partial charge >= 0.3 is 0 Å². The molecule has 2 heteroatoms. The van der Waals surface area contributed by atoms with Gasteiger partial charge in [-0.15, -0.1) is 0 Å². The Labute approximate surface area is 67.7 Å². The van der Waals surface area contributed by atoms with Crippen molar-refractivity contribution >= 4 is 0 Å². The van der Waals surface area contributed by atoms with Crippen molar-refractivity contribution in [3.8, 4) is 0 Å². The second-order valence-electron chi connectivity index (χ2n) is 2.75. The Hall–Kier alpha value is -0.890. The van der Waals surface area contributed by atoms with Gasteiger partial charge in [0.15, 0.2) is 0 Å². The predicted molar refractivity (Wildman–Crippen MR) is 46.5 cm³/mol. The molecule has 0 bridgehead atoms. The average Bonchev–Trinajstić information content (AvgIpc) is 1.98. The van der Waals surface area contributed by atoms with Crippen LogP contribution in [0.15, 0.2) is 12.1 Å². The van der Waals surface area contributed by atoms with E-state index in [2.05, 4.69) is 23.3 Å². The van der Waals surface area contributed by atoms with Gasteiger partial charge < -0.3 is 5.32 Å². The van der Waals surface area contributed by atoms with Crippen LogP contribution in [0.1, 0.15) is 17.0 Å². The Bertz CT molecular complexity index is 243. The molecule has 2 nitrogen and oxygen atoms in total. The summed E-state index contributed by atoms with van der Waals surface area (Å²) in [6.45, 7) is 4.95. The van der Waals surface area contributed by atoms with Crippen molar-refractivity contribution in [1.29, 1.82) is 0 Å². The number of hydrogen-bond donors (Lipinski definition) is 1. The molecule has 0 fully saturated rings. The predicted octanol–water partition coefficient (Wildman–Crippen LogP) is 1.42. The van der Waals surface area contributed by atoms with Crippen LogP contribution in [0, 0.1) is 13.8 Å². The fourth-order valence-electron chi connectivity index (χ4n) is 1.03. The molecule has 0 atom stereocenters. The van der Waals surface area contributed by atoms with E-state index in [1.165, 1.54) is 5.56 Å². The lowest BCUT2D eigenvalue weighted by Crippen LogP contribution is -2.08. The molecule has 1 aromatic heterocycles. The van der Waals surface area contributed by atoms with Gasteiger partial charge in [0.05, 0.1) is 5.69 Å². The zero-order chi connectivity index (χ0) is 8.27. The van der Waals surface area contributed by atoms with Gasteiger partial charge in [-0.2, -0.15) is 0 Å². The van der Waals surface area contributed by atoms with Crippen LogP contribution in [0.25, 0.3) is 0 Å². The molecule has 1 heterocycles. The van der Waals surface area contributed by atoms with Crippen molar-refractivity contribution in [1.82, 2.24) is 10.3 Å². The highest BCUT2D eigenvalue weighted by Gasteiger charge is 1.97. The van der Waals surface area contributed by atoms with Gasteiger partial charge in [0.1, 0.15) is 0 Å². The molecular formula is C9H14N2. The summed E-state index contributed by atoms with van der Waals surface area (Å²) < 4.78 is 0. The second-order valence-corrected chi connectivity index (χ2v) is 2.75. The minimum absolute atomic E-state index is 0.855. The number of aryl methyl sites for hydroxylation is 2. The highest BCUT2D eigenvalue weighted by molar-refractivity contribution is 5.20. The van der Waals surface area contributed by atoms with E-state index in [0.717, 1.165) is 17.9 Å². The lowest BCUT2D eigenvalue weighted by molar-refractivity contribution is 0.779. The van der Waals surface area contributed by atoms with E-state index in [1.54, 1.807) is 0 Å². The highest BCUT2D eigenvalue weighted by atomic mass is 14.9. The second kappa shape index (κ2) is 3.49. The van der Waals surface area contributed by atoms with Crippen LogP contribution in [-0.4, -0.2) is 12.0 Å². The molecule has 0 aliphatic rings. The smallest absolute Gasteiger partial charge is 0.0573 e. The molecule has 0 unspecified atom stereocenters. The van der Waals surface area contributed by atoms with E-state index < -0.39 is 0 Å². The molecular weight excluding hydrogens is 136 g/mol. The molecule has 1 N–H and O–H groups in total. The minimum Gasteiger partial charge on any atom is -0.314 e. The SMILES string of the molecule is CNCc1nc(C)ccc1C. The summed E-state index contributed by atoms with van der Waals surface area (Å²) in [5, 5.41) is 3.09. The standard InChI is InChI=1S/C9H14N2/c1-7-4-5-8(2)11-9(7)6-10-3/h4-5,10H,6H2,1-3H3. The zero-order valence-electron chi connectivity index (χ0n) is 7.31. The molecule has 1 aromatic rings. The molecule has 0 saturated heterocycles. The van der Waals surface area contributed by atoms with Gasteiger partial charge in [-0.05, 0) is 32.5 Å². The van der Waals surface area contributed by atoms with Crippen molar-refractivity contribution in [2.24, 2.45) is 0 Å². The fourth-order valence-corrected chi connectivity index (χ4v) is 1.03. The van der Waals surface area contributed by atoms with Crippen LogP contribution in [0.5, 0.6) is 0 Å². The maximum atomic E-state index is 4.40. The maximum absolute atomic E-state index is 4.40. The van der Waals surface area contributed by atoms with Crippen LogP contribution < -0.4 is 5.32 Å². The summed E-state index contributed by atoms with van der Waals surface area (Å²) in [7, 11) is 1.93. The summed E-state index contributed by atoms with van der Waals surface area (Å²) in [4.78, 5) is 4.40. The summed E-state index contributed by atoms with van der Waals surface area (Å²) in [5.74, 6) is 0. The van der Waals surface area contributed by atoms with Gasteiger partial charge in [0.25, 0.3) is 0 Å².